The molecule has 3 aromatic rings. The highest BCUT2D eigenvalue weighted by Gasteiger charge is 2.28. The van der Waals surface area contributed by atoms with Gasteiger partial charge < -0.3 is 20.7 Å². The van der Waals surface area contributed by atoms with Crippen LogP contribution in [0, 0.1) is 5.92 Å². The van der Waals surface area contributed by atoms with Crippen LogP contribution >= 0.6 is 11.3 Å². The highest BCUT2D eigenvalue weighted by atomic mass is 32.1. The molecule has 1 aromatic heterocycles. The first-order chi connectivity index (χ1) is 16.0. The molecule has 0 unspecified atom stereocenters. The van der Waals surface area contributed by atoms with Crippen molar-refractivity contribution in [2.45, 2.75) is 19.4 Å². The number of benzene rings is 2. The molecule has 0 spiro atoms. The van der Waals surface area contributed by atoms with E-state index in [1.165, 1.54) is 11.3 Å². The second-order valence-electron chi connectivity index (χ2n) is 7.65. The van der Waals surface area contributed by atoms with E-state index < -0.39 is 5.91 Å². The number of likely N-dealkylation sites (tertiary alicyclic amines) is 1. The van der Waals surface area contributed by atoms with Gasteiger partial charge in [0.1, 0.15) is 17.9 Å². The molecule has 2 aromatic carbocycles. The van der Waals surface area contributed by atoms with Crippen molar-refractivity contribution in [3.63, 3.8) is 0 Å². The molecule has 3 amide bonds. The van der Waals surface area contributed by atoms with Crippen LogP contribution in [0.5, 0.6) is 5.75 Å². The van der Waals surface area contributed by atoms with E-state index in [1.54, 1.807) is 52.9 Å². The Morgan fingerprint density at radius 3 is 2.64 bits per heavy atom. The normalized spacial score (nSPS) is 14.0. The molecule has 1 aliphatic heterocycles. The van der Waals surface area contributed by atoms with Crippen LogP contribution in [-0.4, -0.2) is 45.9 Å². The Morgan fingerprint density at radius 1 is 1.12 bits per heavy atom. The van der Waals surface area contributed by atoms with Gasteiger partial charge in [-0.3, -0.25) is 14.4 Å². The number of aromatic nitrogens is 2. The molecule has 0 bridgehead atoms. The van der Waals surface area contributed by atoms with E-state index in [0.717, 1.165) is 5.56 Å². The van der Waals surface area contributed by atoms with Gasteiger partial charge >= 0.3 is 0 Å². The quantitative estimate of drug-likeness (QED) is 0.552. The number of hydrogen-bond acceptors (Lipinski definition) is 7. The van der Waals surface area contributed by atoms with Crippen LogP contribution in [0.4, 0.5) is 5.13 Å². The van der Waals surface area contributed by atoms with Crippen LogP contribution in [0.15, 0.2) is 54.0 Å². The predicted molar refractivity (Wildman–Crippen MR) is 123 cm³/mol. The molecular formula is C23H23N5O4S. The highest BCUT2D eigenvalue weighted by Crippen LogP contribution is 2.23. The third kappa shape index (κ3) is 5.53. The van der Waals surface area contributed by atoms with Gasteiger partial charge in [-0.1, -0.05) is 35.6 Å². The molecule has 0 atom stereocenters. The zero-order valence-corrected chi connectivity index (χ0v) is 18.6. The summed E-state index contributed by atoms with van der Waals surface area (Å²) >= 11 is 1.27. The van der Waals surface area contributed by atoms with Gasteiger partial charge in [-0.15, -0.1) is 10.2 Å². The number of nitrogens with zero attached hydrogens (tertiary/aromatic N) is 3. The van der Waals surface area contributed by atoms with Crippen LogP contribution in [0.3, 0.4) is 0 Å². The largest absolute Gasteiger partial charge is 0.488 e. The van der Waals surface area contributed by atoms with E-state index >= 15 is 0 Å². The molecule has 33 heavy (non-hydrogen) atoms. The maximum Gasteiger partial charge on any atom is 0.253 e. The predicted octanol–water partition coefficient (Wildman–Crippen LogP) is 2.71. The number of anilines is 1. The van der Waals surface area contributed by atoms with Crippen molar-refractivity contribution in [1.82, 2.24) is 15.1 Å². The first-order valence-corrected chi connectivity index (χ1v) is 11.4. The van der Waals surface area contributed by atoms with Gasteiger partial charge in [0.05, 0.1) is 5.56 Å². The summed E-state index contributed by atoms with van der Waals surface area (Å²) in [7, 11) is 0. The third-order valence-electron chi connectivity index (χ3n) is 5.46. The summed E-state index contributed by atoms with van der Waals surface area (Å²) in [6.45, 7) is 1.19. The molecule has 4 rings (SSSR count). The maximum absolute atomic E-state index is 13.0. The lowest BCUT2D eigenvalue weighted by molar-refractivity contribution is -0.121. The number of ether oxygens (including phenoxy) is 1. The lowest BCUT2D eigenvalue weighted by Crippen LogP contribution is -2.41. The van der Waals surface area contributed by atoms with Crippen LogP contribution in [0.2, 0.25) is 0 Å². The van der Waals surface area contributed by atoms with Gasteiger partial charge in [-0.25, -0.2) is 0 Å². The summed E-state index contributed by atoms with van der Waals surface area (Å²) in [6, 6.07) is 14.0. The molecule has 1 aliphatic rings. The van der Waals surface area contributed by atoms with Gasteiger partial charge in [0.15, 0.2) is 0 Å². The van der Waals surface area contributed by atoms with Crippen LogP contribution in [0.25, 0.3) is 0 Å². The third-order valence-corrected chi connectivity index (χ3v) is 6.07. The fraction of sp³-hybridized carbons (Fsp3) is 0.261. The van der Waals surface area contributed by atoms with Crippen molar-refractivity contribution in [1.29, 1.82) is 0 Å². The average molecular weight is 466 g/mol. The Balaban J connectivity index is 1.33. The first-order valence-electron chi connectivity index (χ1n) is 10.5. The number of nitrogens with two attached hydrogens (primary N) is 1. The number of nitrogens with one attached hydrogen (secondary N) is 1. The second-order valence-corrected chi connectivity index (χ2v) is 8.48. The van der Waals surface area contributed by atoms with Crippen molar-refractivity contribution < 1.29 is 19.1 Å². The van der Waals surface area contributed by atoms with E-state index in [1.807, 2.05) is 6.07 Å². The van der Waals surface area contributed by atoms with Gasteiger partial charge in [0, 0.05) is 24.6 Å². The minimum Gasteiger partial charge on any atom is -0.488 e. The van der Waals surface area contributed by atoms with E-state index in [4.69, 9.17) is 10.5 Å². The SMILES string of the molecule is NC(=O)c1ccccc1OCc1cccc(C(=O)N2CCC(C(=O)Nc3nncs3)CC2)c1. The molecule has 9 nitrogen and oxygen atoms in total. The summed E-state index contributed by atoms with van der Waals surface area (Å²) in [5.74, 6) is -0.500. The fourth-order valence-electron chi connectivity index (χ4n) is 3.71. The minimum atomic E-state index is -0.560. The average Bonchev–Trinajstić information content (AvgIpc) is 3.35. The molecule has 1 fully saturated rings. The van der Waals surface area contributed by atoms with E-state index in [-0.39, 0.29) is 24.3 Å². The monoisotopic (exact) mass is 465 g/mol. The zero-order chi connectivity index (χ0) is 23.2. The van der Waals surface area contributed by atoms with E-state index in [2.05, 4.69) is 15.5 Å². The Morgan fingerprint density at radius 2 is 1.91 bits per heavy atom. The zero-order valence-electron chi connectivity index (χ0n) is 17.8. The van der Waals surface area contributed by atoms with E-state index in [0.29, 0.717) is 47.9 Å². The molecule has 10 heteroatoms. The lowest BCUT2D eigenvalue weighted by Gasteiger charge is -2.31. The smallest absolute Gasteiger partial charge is 0.253 e. The number of amides is 3. The van der Waals surface area contributed by atoms with E-state index in [9.17, 15) is 14.4 Å². The summed E-state index contributed by atoms with van der Waals surface area (Å²) in [5, 5.41) is 10.8. The number of primary amides is 1. The number of rotatable bonds is 7. The Bertz CT molecular complexity index is 1140. The molecule has 1 saturated heterocycles. The van der Waals surface area contributed by atoms with Crippen molar-refractivity contribution in [2.24, 2.45) is 11.7 Å². The van der Waals surface area contributed by atoms with Gasteiger partial charge in [0.2, 0.25) is 11.0 Å². The number of carbonyl (C=O) groups is 3. The second kappa shape index (κ2) is 10.2. The lowest BCUT2D eigenvalue weighted by atomic mass is 9.95. The topological polar surface area (TPSA) is 128 Å². The Kier molecular flexibility index (Phi) is 6.94. The highest BCUT2D eigenvalue weighted by molar-refractivity contribution is 7.13. The van der Waals surface area contributed by atoms with Gasteiger partial charge in [-0.05, 0) is 42.7 Å². The van der Waals surface area contributed by atoms with Crippen LogP contribution in [-0.2, 0) is 11.4 Å². The van der Waals surface area contributed by atoms with Crippen LogP contribution in [0.1, 0.15) is 39.1 Å². The number of piperidine rings is 1. The summed E-state index contributed by atoms with van der Waals surface area (Å²) < 4.78 is 5.77. The number of hydrogen-bond donors (Lipinski definition) is 2. The number of carbonyl (C=O) groups excluding carboxylic acids is 3. The summed E-state index contributed by atoms with van der Waals surface area (Å²) in [6.07, 6.45) is 1.17. The van der Waals surface area contributed by atoms with Gasteiger partial charge in [-0.2, -0.15) is 0 Å². The summed E-state index contributed by atoms with van der Waals surface area (Å²) in [5.41, 5.74) is 8.61. The standard InChI is InChI=1S/C23H23N5O4S/c24-20(29)18-6-1-2-7-19(18)32-13-15-4-3-5-17(12-15)22(31)28-10-8-16(9-11-28)21(30)26-23-27-25-14-33-23/h1-7,12,14,16H,8-11,13H2,(H2,24,29)(H,26,27,30). The van der Waals surface area contributed by atoms with Crippen molar-refractivity contribution in [3.05, 3.63) is 70.7 Å². The molecule has 0 saturated carbocycles. The molecule has 0 radical (unpaired) electrons. The molecular weight excluding hydrogens is 442 g/mol. The Labute approximate surface area is 194 Å². The van der Waals surface area contributed by atoms with Crippen LogP contribution < -0.4 is 15.8 Å². The maximum atomic E-state index is 13.0. The summed E-state index contributed by atoms with van der Waals surface area (Å²) in [4.78, 5) is 38.7. The van der Waals surface area contributed by atoms with Crippen molar-refractivity contribution >= 4 is 34.2 Å². The molecule has 0 aliphatic carbocycles. The van der Waals surface area contributed by atoms with Gasteiger partial charge in [0.25, 0.3) is 11.8 Å². The van der Waals surface area contributed by atoms with Crippen molar-refractivity contribution in [2.75, 3.05) is 18.4 Å². The molecule has 2 heterocycles. The Hall–Kier alpha value is -3.79. The molecule has 3 N–H and O–H groups in total. The first kappa shape index (κ1) is 22.4. The minimum absolute atomic E-state index is 0.0858. The number of para-hydroxylation sites is 1. The van der Waals surface area contributed by atoms with Crippen molar-refractivity contribution in [3.8, 4) is 5.75 Å². The molecule has 170 valence electrons. The fourth-order valence-corrected chi connectivity index (χ4v) is 4.16.